The summed E-state index contributed by atoms with van der Waals surface area (Å²) >= 11 is 0. The van der Waals surface area contributed by atoms with Crippen molar-refractivity contribution in [3.8, 4) is 0 Å². The van der Waals surface area contributed by atoms with Crippen LogP contribution in [-0.2, 0) is 12.5 Å². The van der Waals surface area contributed by atoms with Gasteiger partial charge in [0.2, 0.25) is 5.82 Å². The van der Waals surface area contributed by atoms with Gasteiger partial charge in [0.25, 0.3) is 5.91 Å². The quantitative estimate of drug-likeness (QED) is 0.856. The van der Waals surface area contributed by atoms with Gasteiger partial charge in [0.05, 0.1) is 11.4 Å². The van der Waals surface area contributed by atoms with Crippen LogP contribution in [0.25, 0.3) is 0 Å². The molecule has 0 aliphatic carbocycles. The fourth-order valence-electron chi connectivity index (χ4n) is 1.60. The summed E-state index contributed by atoms with van der Waals surface area (Å²) in [6.45, 7) is 7.83. The van der Waals surface area contributed by atoms with Crippen molar-refractivity contribution in [1.29, 1.82) is 0 Å². The lowest BCUT2D eigenvalue weighted by atomic mass is 9.96. The Hall–Kier alpha value is -2.18. The maximum Gasteiger partial charge on any atom is 0.295 e. The normalized spacial score (nSPS) is 11.6. The first-order chi connectivity index (χ1) is 8.77. The number of aromatic nitrogens is 5. The molecule has 2 aromatic heterocycles. The van der Waals surface area contributed by atoms with Gasteiger partial charge in [0.1, 0.15) is 5.82 Å². The first-order valence-corrected chi connectivity index (χ1v) is 6.02. The molecule has 2 heterocycles. The molecule has 0 unspecified atom stereocenters. The van der Waals surface area contributed by atoms with Crippen molar-refractivity contribution in [1.82, 2.24) is 25.0 Å². The number of rotatable bonds is 2. The molecule has 1 amide bonds. The molecule has 2 aromatic rings. The lowest BCUT2D eigenvalue weighted by Gasteiger charge is -2.12. The molecule has 0 aliphatic rings. The number of carbonyl (C=O) groups excluding carboxylic acids is 1. The fraction of sp³-hybridized carbons (Fsp3) is 0.500. The van der Waals surface area contributed by atoms with Gasteiger partial charge in [-0.3, -0.25) is 14.6 Å². The van der Waals surface area contributed by atoms with E-state index in [2.05, 4.69) is 25.6 Å². The van der Waals surface area contributed by atoms with Crippen LogP contribution in [0.5, 0.6) is 0 Å². The van der Waals surface area contributed by atoms with E-state index in [1.54, 1.807) is 17.9 Å². The molecule has 0 atom stereocenters. The maximum absolute atomic E-state index is 12.0. The second kappa shape index (κ2) is 4.49. The zero-order chi connectivity index (χ0) is 14.2. The summed E-state index contributed by atoms with van der Waals surface area (Å²) in [4.78, 5) is 16.2. The highest BCUT2D eigenvalue weighted by molar-refractivity contribution is 6.01. The van der Waals surface area contributed by atoms with Gasteiger partial charge in [0, 0.05) is 18.7 Å². The minimum Gasteiger partial charge on any atom is -0.316 e. The predicted octanol–water partition coefficient (Wildman–Crippen LogP) is 1.40. The molecule has 2 rings (SSSR count). The minimum atomic E-state index is -0.345. The number of hydrogen-bond donors (Lipinski definition) is 2. The van der Waals surface area contributed by atoms with E-state index in [0.29, 0.717) is 11.5 Å². The molecule has 0 saturated heterocycles. The first-order valence-electron chi connectivity index (χ1n) is 6.02. The highest BCUT2D eigenvalue weighted by Crippen LogP contribution is 2.18. The Labute approximate surface area is 111 Å². The topological polar surface area (TPSA) is 88.5 Å². The van der Waals surface area contributed by atoms with Crippen molar-refractivity contribution in [3.05, 3.63) is 23.5 Å². The second-order valence-electron chi connectivity index (χ2n) is 5.51. The molecule has 0 aliphatic heterocycles. The molecule has 19 heavy (non-hydrogen) atoms. The summed E-state index contributed by atoms with van der Waals surface area (Å²) in [5, 5.41) is 13.6. The summed E-state index contributed by atoms with van der Waals surface area (Å²) in [6, 6.07) is 0. The van der Waals surface area contributed by atoms with Gasteiger partial charge in [-0.1, -0.05) is 20.8 Å². The number of hydrogen-bond acceptors (Lipinski definition) is 4. The van der Waals surface area contributed by atoms with E-state index in [9.17, 15) is 4.79 Å². The summed E-state index contributed by atoms with van der Waals surface area (Å²) in [5.41, 5.74) is 1.24. The first kappa shape index (κ1) is 13.3. The number of amides is 1. The Bertz CT molecular complexity index is 604. The summed E-state index contributed by atoms with van der Waals surface area (Å²) in [5.74, 6) is 0.469. The van der Waals surface area contributed by atoms with Crippen molar-refractivity contribution in [3.63, 3.8) is 0 Å². The van der Waals surface area contributed by atoms with Gasteiger partial charge in [-0.05, 0) is 6.92 Å². The average molecular weight is 262 g/mol. The standard InChI is InChI=1S/C12H18N6O/c1-7-8(6-18(5)17-7)13-10(19)9-14-11(16-15-9)12(2,3)4/h6H,1-5H3,(H,13,19)(H,14,15,16). The van der Waals surface area contributed by atoms with Gasteiger partial charge >= 0.3 is 0 Å². The Morgan fingerprint density at radius 2 is 2.11 bits per heavy atom. The summed E-state index contributed by atoms with van der Waals surface area (Å²) in [6.07, 6.45) is 1.74. The lowest BCUT2D eigenvalue weighted by molar-refractivity contribution is 0.101. The van der Waals surface area contributed by atoms with Crippen molar-refractivity contribution in [2.24, 2.45) is 7.05 Å². The van der Waals surface area contributed by atoms with Gasteiger partial charge in [0.15, 0.2) is 0 Å². The third-order valence-corrected chi connectivity index (χ3v) is 2.66. The lowest BCUT2D eigenvalue weighted by Crippen LogP contribution is -2.16. The van der Waals surface area contributed by atoms with Crippen molar-refractivity contribution in [2.75, 3.05) is 5.32 Å². The molecule has 7 nitrogen and oxygen atoms in total. The van der Waals surface area contributed by atoms with Gasteiger partial charge in [-0.2, -0.15) is 5.10 Å². The SMILES string of the molecule is Cc1nn(C)cc1NC(=O)c1n[nH]c(C(C)(C)C)n1. The number of H-pyrrole nitrogens is 1. The Morgan fingerprint density at radius 3 is 2.58 bits per heavy atom. The van der Waals surface area contributed by atoms with E-state index < -0.39 is 0 Å². The molecule has 0 saturated carbocycles. The Kier molecular flexibility index (Phi) is 3.13. The molecule has 7 heteroatoms. The van der Waals surface area contributed by atoms with Crippen LogP contribution in [0.3, 0.4) is 0 Å². The van der Waals surface area contributed by atoms with Crippen molar-refractivity contribution in [2.45, 2.75) is 33.1 Å². The third-order valence-electron chi connectivity index (χ3n) is 2.66. The summed E-state index contributed by atoms with van der Waals surface area (Å²) in [7, 11) is 1.80. The molecule has 0 radical (unpaired) electrons. The molecule has 0 spiro atoms. The highest BCUT2D eigenvalue weighted by atomic mass is 16.2. The molecule has 0 aromatic carbocycles. The predicted molar refractivity (Wildman–Crippen MR) is 71.0 cm³/mol. The number of nitrogens with one attached hydrogen (secondary N) is 2. The molecule has 2 N–H and O–H groups in total. The van der Waals surface area contributed by atoms with E-state index in [1.165, 1.54) is 0 Å². The van der Waals surface area contributed by atoms with E-state index >= 15 is 0 Å². The van der Waals surface area contributed by atoms with Crippen LogP contribution >= 0.6 is 0 Å². The molecule has 102 valence electrons. The van der Waals surface area contributed by atoms with Crippen LogP contribution in [0.1, 0.15) is 42.9 Å². The average Bonchev–Trinajstić information content (AvgIpc) is 2.85. The Morgan fingerprint density at radius 1 is 1.42 bits per heavy atom. The van der Waals surface area contributed by atoms with Gasteiger partial charge in [-0.15, -0.1) is 5.10 Å². The smallest absolute Gasteiger partial charge is 0.295 e. The van der Waals surface area contributed by atoms with Gasteiger partial charge < -0.3 is 5.32 Å². The highest BCUT2D eigenvalue weighted by Gasteiger charge is 2.21. The fourth-order valence-corrected chi connectivity index (χ4v) is 1.60. The monoisotopic (exact) mass is 262 g/mol. The van der Waals surface area contributed by atoms with Crippen LogP contribution in [0.15, 0.2) is 6.20 Å². The van der Waals surface area contributed by atoms with E-state index in [0.717, 1.165) is 5.69 Å². The Balaban J connectivity index is 2.17. The van der Waals surface area contributed by atoms with E-state index in [4.69, 9.17) is 0 Å². The molecule has 0 bridgehead atoms. The van der Waals surface area contributed by atoms with Crippen LogP contribution in [0.4, 0.5) is 5.69 Å². The van der Waals surface area contributed by atoms with Gasteiger partial charge in [-0.25, -0.2) is 4.98 Å². The largest absolute Gasteiger partial charge is 0.316 e. The molecular formula is C12H18N6O. The zero-order valence-corrected chi connectivity index (χ0v) is 11.8. The van der Waals surface area contributed by atoms with Crippen LogP contribution in [0, 0.1) is 6.92 Å². The van der Waals surface area contributed by atoms with Crippen molar-refractivity contribution >= 4 is 11.6 Å². The summed E-state index contributed by atoms with van der Waals surface area (Å²) < 4.78 is 1.64. The second-order valence-corrected chi connectivity index (χ2v) is 5.51. The molecule has 0 fully saturated rings. The number of anilines is 1. The molecular weight excluding hydrogens is 244 g/mol. The van der Waals surface area contributed by atoms with Crippen LogP contribution in [-0.4, -0.2) is 30.9 Å². The minimum absolute atomic E-state index is 0.133. The number of carbonyl (C=O) groups is 1. The van der Waals surface area contributed by atoms with Crippen molar-refractivity contribution < 1.29 is 4.79 Å². The van der Waals surface area contributed by atoms with Crippen LogP contribution in [0.2, 0.25) is 0 Å². The number of aryl methyl sites for hydroxylation is 2. The maximum atomic E-state index is 12.0. The third kappa shape index (κ3) is 2.81. The zero-order valence-electron chi connectivity index (χ0n) is 11.8. The number of nitrogens with zero attached hydrogens (tertiary/aromatic N) is 4. The van der Waals surface area contributed by atoms with E-state index in [1.807, 2.05) is 27.7 Å². The van der Waals surface area contributed by atoms with E-state index in [-0.39, 0.29) is 17.1 Å². The van der Waals surface area contributed by atoms with Crippen LogP contribution < -0.4 is 5.32 Å². The number of aromatic amines is 1.